The van der Waals surface area contributed by atoms with Gasteiger partial charge in [-0.1, -0.05) is 36.7 Å². The van der Waals surface area contributed by atoms with E-state index in [1.54, 1.807) is 0 Å². The SMILES string of the molecule is CC(Br)CC(C)(C)Cc1cc(Br)cs1. The smallest absolute Gasteiger partial charge is 0.0285 e. The normalized spacial score (nSPS) is 14.4. The fourth-order valence-electron chi connectivity index (χ4n) is 1.75. The number of halogens is 2. The lowest BCUT2D eigenvalue weighted by molar-refractivity contribution is 0.337. The number of thiophene rings is 1. The van der Waals surface area contributed by atoms with Crippen LogP contribution in [0.2, 0.25) is 0 Å². The molecule has 1 aromatic heterocycles. The molecule has 14 heavy (non-hydrogen) atoms. The summed E-state index contributed by atoms with van der Waals surface area (Å²) in [7, 11) is 0. The fraction of sp³-hybridized carbons (Fsp3) is 0.636. The molecule has 0 saturated carbocycles. The molecule has 0 aliphatic heterocycles. The summed E-state index contributed by atoms with van der Waals surface area (Å²) in [6, 6.07) is 2.23. The van der Waals surface area contributed by atoms with Gasteiger partial charge < -0.3 is 0 Å². The molecule has 0 aromatic carbocycles. The third-order valence-electron chi connectivity index (χ3n) is 2.11. The average molecular weight is 340 g/mol. The van der Waals surface area contributed by atoms with Crippen LogP contribution in [-0.2, 0) is 6.42 Å². The molecule has 1 aromatic rings. The first kappa shape index (κ1) is 12.7. The Morgan fingerprint density at radius 1 is 1.50 bits per heavy atom. The maximum atomic E-state index is 3.62. The van der Waals surface area contributed by atoms with Crippen LogP contribution in [0.4, 0.5) is 0 Å². The van der Waals surface area contributed by atoms with Crippen LogP contribution in [0.5, 0.6) is 0 Å². The van der Waals surface area contributed by atoms with Crippen LogP contribution >= 0.6 is 43.2 Å². The Morgan fingerprint density at radius 2 is 2.14 bits per heavy atom. The molecule has 0 fully saturated rings. The molecule has 0 saturated heterocycles. The van der Waals surface area contributed by atoms with E-state index in [9.17, 15) is 0 Å². The first-order valence-electron chi connectivity index (χ1n) is 4.76. The Hall–Kier alpha value is 0.660. The van der Waals surface area contributed by atoms with Gasteiger partial charge in [0.2, 0.25) is 0 Å². The van der Waals surface area contributed by atoms with E-state index >= 15 is 0 Å². The first-order valence-corrected chi connectivity index (χ1v) is 7.35. The molecule has 0 aliphatic carbocycles. The minimum Gasteiger partial charge on any atom is -0.148 e. The van der Waals surface area contributed by atoms with Crippen molar-refractivity contribution in [3.8, 4) is 0 Å². The zero-order valence-corrected chi connectivity index (χ0v) is 12.8. The second-order valence-corrected chi connectivity index (χ2v) is 8.03. The van der Waals surface area contributed by atoms with Crippen LogP contribution < -0.4 is 0 Å². The lowest BCUT2D eigenvalue weighted by Crippen LogP contribution is -2.18. The van der Waals surface area contributed by atoms with E-state index in [0.29, 0.717) is 10.2 Å². The largest absolute Gasteiger partial charge is 0.148 e. The fourth-order valence-corrected chi connectivity index (χ4v) is 4.34. The topological polar surface area (TPSA) is 0 Å². The first-order chi connectivity index (χ1) is 6.39. The molecule has 0 nitrogen and oxygen atoms in total. The molecule has 80 valence electrons. The van der Waals surface area contributed by atoms with Gasteiger partial charge in [-0.15, -0.1) is 11.3 Å². The van der Waals surface area contributed by atoms with Crippen molar-refractivity contribution in [2.75, 3.05) is 0 Å². The van der Waals surface area contributed by atoms with Gasteiger partial charge in [0.1, 0.15) is 0 Å². The van der Waals surface area contributed by atoms with Crippen molar-refractivity contribution in [1.82, 2.24) is 0 Å². The highest BCUT2D eigenvalue weighted by Crippen LogP contribution is 2.32. The lowest BCUT2D eigenvalue weighted by Gasteiger charge is -2.25. The predicted octanol–water partition coefficient (Wildman–Crippen LogP) is 5.25. The summed E-state index contributed by atoms with van der Waals surface area (Å²) < 4.78 is 1.21. The van der Waals surface area contributed by atoms with Crippen molar-refractivity contribution >= 4 is 43.2 Å². The zero-order valence-electron chi connectivity index (χ0n) is 8.81. The van der Waals surface area contributed by atoms with Crippen molar-refractivity contribution in [1.29, 1.82) is 0 Å². The number of rotatable bonds is 4. The number of hydrogen-bond donors (Lipinski definition) is 0. The van der Waals surface area contributed by atoms with E-state index in [-0.39, 0.29) is 0 Å². The zero-order chi connectivity index (χ0) is 10.8. The van der Waals surface area contributed by atoms with Crippen LogP contribution in [-0.4, -0.2) is 4.83 Å². The molecule has 0 bridgehead atoms. The Kier molecular flexibility index (Phi) is 4.66. The van der Waals surface area contributed by atoms with Gasteiger partial charge in [0.25, 0.3) is 0 Å². The molecule has 0 amide bonds. The highest BCUT2D eigenvalue weighted by atomic mass is 79.9. The quantitative estimate of drug-likeness (QED) is 0.657. The van der Waals surface area contributed by atoms with Gasteiger partial charge in [-0.3, -0.25) is 0 Å². The molecule has 1 rings (SSSR count). The standard InChI is InChI=1S/C11H16Br2S/c1-8(12)5-11(2,3)6-10-4-9(13)7-14-10/h4,7-8H,5-6H2,1-3H3. The minimum absolute atomic E-state index is 0.382. The summed E-state index contributed by atoms with van der Waals surface area (Å²) in [5.41, 5.74) is 0.382. The van der Waals surface area contributed by atoms with E-state index in [2.05, 4.69) is 64.1 Å². The van der Waals surface area contributed by atoms with Crippen LogP contribution in [0.1, 0.15) is 32.1 Å². The van der Waals surface area contributed by atoms with Crippen molar-refractivity contribution in [3.05, 3.63) is 20.8 Å². The monoisotopic (exact) mass is 338 g/mol. The minimum atomic E-state index is 0.382. The molecule has 1 atom stereocenters. The van der Waals surface area contributed by atoms with Gasteiger partial charge in [-0.2, -0.15) is 0 Å². The average Bonchev–Trinajstić information content (AvgIpc) is 2.30. The van der Waals surface area contributed by atoms with Crippen molar-refractivity contribution in [2.45, 2.75) is 38.4 Å². The van der Waals surface area contributed by atoms with Crippen molar-refractivity contribution in [2.24, 2.45) is 5.41 Å². The van der Waals surface area contributed by atoms with E-state index < -0.39 is 0 Å². The molecule has 0 spiro atoms. The second kappa shape index (κ2) is 5.13. The molecular formula is C11H16Br2S. The van der Waals surface area contributed by atoms with Gasteiger partial charge in [0, 0.05) is 19.6 Å². The van der Waals surface area contributed by atoms with E-state index in [0.717, 1.165) is 0 Å². The van der Waals surface area contributed by atoms with E-state index in [4.69, 9.17) is 0 Å². The Balaban J connectivity index is 2.58. The lowest BCUT2D eigenvalue weighted by atomic mass is 9.84. The van der Waals surface area contributed by atoms with Gasteiger partial charge >= 0.3 is 0 Å². The molecule has 1 heterocycles. The summed E-state index contributed by atoms with van der Waals surface area (Å²) in [6.07, 6.45) is 2.38. The van der Waals surface area contributed by atoms with Crippen LogP contribution in [0, 0.1) is 5.41 Å². The highest BCUT2D eigenvalue weighted by Gasteiger charge is 2.21. The second-order valence-electron chi connectivity index (χ2n) is 4.56. The van der Waals surface area contributed by atoms with Gasteiger partial charge in [-0.25, -0.2) is 0 Å². The van der Waals surface area contributed by atoms with E-state index in [1.165, 1.54) is 22.2 Å². The Morgan fingerprint density at radius 3 is 2.57 bits per heavy atom. The van der Waals surface area contributed by atoms with Crippen molar-refractivity contribution in [3.63, 3.8) is 0 Å². The summed E-state index contributed by atoms with van der Waals surface area (Å²) in [5.74, 6) is 0. The molecule has 0 N–H and O–H groups in total. The molecule has 1 unspecified atom stereocenters. The van der Waals surface area contributed by atoms with Gasteiger partial charge in [0.15, 0.2) is 0 Å². The molecule has 0 aliphatic rings. The summed E-state index contributed by atoms with van der Waals surface area (Å²) in [6.45, 7) is 6.88. The van der Waals surface area contributed by atoms with Gasteiger partial charge in [-0.05, 0) is 40.3 Å². The predicted molar refractivity (Wildman–Crippen MR) is 72.5 cm³/mol. The highest BCUT2D eigenvalue weighted by molar-refractivity contribution is 9.10. The summed E-state index contributed by atoms with van der Waals surface area (Å²) >= 11 is 8.96. The number of alkyl halides is 1. The maximum Gasteiger partial charge on any atom is 0.0285 e. The molecule has 0 radical (unpaired) electrons. The van der Waals surface area contributed by atoms with Gasteiger partial charge in [0.05, 0.1) is 0 Å². The summed E-state index contributed by atoms with van der Waals surface area (Å²) in [4.78, 5) is 2.07. The maximum absolute atomic E-state index is 3.62. The van der Waals surface area contributed by atoms with E-state index in [1.807, 2.05) is 11.3 Å². The molecular weight excluding hydrogens is 324 g/mol. The van der Waals surface area contributed by atoms with Crippen LogP contribution in [0.15, 0.2) is 15.9 Å². The van der Waals surface area contributed by atoms with Crippen molar-refractivity contribution < 1.29 is 0 Å². The van der Waals surface area contributed by atoms with Crippen LogP contribution in [0.3, 0.4) is 0 Å². The number of hydrogen-bond acceptors (Lipinski definition) is 1. The summed E-state index contributed by atoms with van der Waals surface area (Å²) in [5, 5.41) is 2.16. The Bertz CT molecular complexity index is 289. The Labute approximate surface area is 107 Å². The van der Waals surface area contributed by atoms with Crippen LogP contribution in [0.25, 0.3) is 0 Å². The molecule has 3 heteroatoms. The third kappa shape index (κ3) is 4.45. The third-order valence-corrected chi connectivity index (χ3v) is 4.13.